The van der Waals surface area contributed by atoms with Crippen molar-refractivity contribution in [3.05, 3.63) is 48.0 Å². The van der Waals surface area contributed by atoms with Crippen LogP contribution in [0.3, 0.4) is 0 Å². The van der Waals surface area contributed by atoms with Gasteiger partial charge in [0.15, 0.2) is 0 Å². The second-order valence-corrected chi connectivity index (χ2v) is 10.7. The molecule has 0 fully saturated rings. The summed E-state index contributed by atoms with van der Waals surface area (Å²) >= 11 is 0.931. The van der Waals surface area contributed by atoms with E-state index in [2.05, 4.69) is 9.71 Å². The second kappa shape index (κ2) is 7.13. The Kier molecular flexibility index (Phi) is 5.19. The van der Waals surface area contributed by atoms with Crippen LogP contribution >= 0.6 is 11.3 Å². The molecular weight excluding hydrogens is 418 g/mol. The number of rotatable bonds is 6. The molecule has 0 amide bonds. The Labute approximate surface area is 158 Å². The number of aromatic nitrogens is 1. The highest BCUT2D eigenvalue weighted by atomic mass is 32.2. The van der Waals surface area contributed by atoms with Crippen LogP contribution in [0.15, 0.2) is 45.6 Å². The van der Waals surface area contributed by atoms with Crippen LogP contribution in [0.25, 0.3) is 10.2 Å². The Morgan fingerprint density at radius 1 is 1.04 bits per heavy atom. The third-order valence-electron chi connectivity index (χ3n) is 3.51. The van der Waals surface area contributed by atoms with Crippen molar-refractivity contribution >= 4 is 47.1 Å². The van der Waals surface area contributed by atoms with E-state index in [1.54, 1.807) is 6.92 Å². The number of thiazole rings is 1. The fourth-order valence-corrected chi connectivity index (χ4v) is 6.16. The van der Waals surface area contributed by atoms with Crippen molar-refractivity contribution < 1.29 is 25.6 Å². The molecule has 3 rings (SSSR count). The van der Waals surface area contributed by atoms with Gasteiger partial charge in [0.05, 0.1) is 26.6 Å². The lowest BCUT2D eigenvalue weighted by molar-refractivity contribution is 0.568. The van der Waals surface area contributed by atoms with Gasteiger partial charge in [0.2, 0.25) is 14.2 Å². The first-order valence-electron chi connectivity index (χ1n) is 7.73. The summed E-state index contributed by atoms with van der Waals surface area (Å²) in [6.07, 6.45) is 0.452. The third kappa shape index (κ3) is 4.25. The van der Waals surface area contributed by atoms with Crippen LogP contribution in [-0.4, -0.2) is 27.6 Å². The van der Waals surface area contributed by atoms with E-state index in [0.717, 1.165) is 11.3 Å². The molecule has 0 atom stereocenters. The minimum absolute atomic E-state index is 0.0303. The zero-order valence-electron chi connectivity index (χ0n) is 13.9. The van der Waals surface area contributed by atoms with Gasteiger partial charge in [0, 0.05) is 6.07 Å². The van der Waals surface area contributed by atoms with Gasteiger partial charge in [-0.15, -0.1) is 11.3 Å². The molecule has 0 radical (unpaired) electrons. The van der Waals surface area contributed by atoms with Gasteiger partial charge in [-0.05, 0) is 36.8 Å². The van der Waals surface area contributed by atoms with Gasteiger partial charge in [-0.3, -0.25) is 4.72 Å². The fourth-order valence-electron chi connectivity index (χ4n) is 2.35. The number of nitrogens with one attached hydrogen (secondary N) is 1. The molecule has 1 N–H and O–H groups in total. The first-order chi connectivity index (χ1) is 12.6. The number of benzene rings is 2. The lowest BCUT2D eigenvalue weighted by Crippen LogP contribution is -2.13. The molecule has 3 aromatic rings. The number of halogens is 2. The van der Waals surface area contributed by atoms with Crippen molar-refractivity contribution in [2.75, 3.05) is 10.5 Å². The molecule has 0 saturated heterocycles. The predicted molar refractivity (Wildman–Crippen MR) is 99.1 cm³/mol. The monoisotopic (exact) mass is 432 g/mol. The molecule has 27 heavy (non-hydrogen) atoms. The van der Waals surface area contributed by atoms with Crippen LogP contribution in [-0.2, 0) is 19.9 Å². The van der Waals surface area contributed by atoms with Gasteiger partial charge in [-0.2, -0.15) is 0 Å². The Bertz CT molecular complexity index is 1200. The molecule has 2 aromatic carbocycles. The summed E-state index contributed by atoms with van der Waals surface area (Å²) in [5.74, 6) is -2.06. The summed E-state index contributed by atoms with van der Waals surface area (Å²) in [5.41, 5.74) is 0.532. The van der Waals surface area contributed by atoms with E-state index in [4.69, 9.17) is 0 Å². The molecule has 144 valence electrons. The zero-order valence-corrected chi connectivity index (χ0v) is 16.4. The molecule has 0 aliphatic carbocycles. The summed E-state index contributed by atoms with van der Waals surface area (Å²) in [6, 6.07) is 6.26. The first kappa shape index (κ1) is 19.6. The molecule has 0 saturated carbocycles. The third-order valence-corrected chi connectivity index (χ3v) is 8.26. The maximum Gasteiger partial charge on any atom is 0.262 e. The molecule has 0 aliphatic heterocycles. The normalized spacial score (nSPS) is 12.4. The predicted octanol–water partition coefficient (Wildman–Crippen LogP) is 3.56. The van der Waals surface area contributed by atoms with Crippen LogP contribution in [0, 0.1) is 11.6 Å². The molecule has 1 aromatic heterocycles. The van der Waals surface area contributed by atoms with Crippen molar-refractivity contribution in [1.29, 1.82) is 0 Å². The van der Waals surface area contributed by atoms with Crippen LogP contribution in [0.1, 0.15) is 13.3 Å². The number of hydrogen-bond donors (Lipinski definition) is 1. The van der Waals surface area contributed by atoms with Crippen molar-refractivity contribution in [1.82, 2.24) is 4.98 Å². The van der Waals surface area contributed by atoms with Crippen LogP contribution in [0.5, 0.6) is 0 Å². The van der Waals surface area contributed by atoms with Crippen molar-refractivity contribution in [3.8, 4) is 0 Å². The van der Waals surface area contributed by atoms with E-state index in [-0.39, 0.29) is 15.8 Å². The maximum absolute atomic E-state index is 13.3. The number of sulfone groups is 1. The Morgan fingerprint density at radius 3 is 2.33 bits per heavy atom. The number of anilines is 1. The summed E-state index contributed by atoms with van der Waals surface area (Å²) in [4.78, 5) is 3.52. The van der Waals surface area contributed by atoms with Gasteiger partial charge in [0.1, 0.15) is 11.6 Å². The number of fused-ring (bicyclic) bond motifs is 1. The summed E-state index contributed by atoms with van der Waals surface area (Å²) in [7, 11) is -7.71. The number of hydrogen-bond acceptors (Lipinski definition) is 6. The SMILES string of the molecule is CCCS(=O)(=O)c1nc2ccc(NS(=O)(=O)c3cc(F)cc(F)c3)cc2s1. The second-order valence-electron chi connectivity index (χ2n) is 5.69. The quantitative estimate of drug-likeness (QED) is 0.643. The Hall–Kier alpha value is -2.11. The van der Waals surface area contributed by atoms with E-state index in [1.165, 1.54) is 18.2 Å². The highest BCUT2D eigenvalue weighted by Gasteiger charge is 2.20. The zero-order chi connectivity index (χ0) is 19.8. The van der Waals surface area contributed by atoms with Crippen molar-refractivity contribution in [2.45, 2.75) is 22.6 Å². The summed E-state index contributed by atoms with van der Waals surface area (Å²) in [5, 5.41) is 0. The standard InChI is InChI=1S/C16H14F2N2O4S3/c1-2-5-26(21,22)16-19-14-4-3-12(9-15(14)25-16)20-27(23,24)13-7-10(17)6-11(18)8-13/h3-4,6-9,20H,2,5H2,1H3. The van der Waals surface area contributed by atoms with E-state index in [1.807, 2.05) is 0 Å². The number of nitrogens with zero attached hydrogens (tertiary/aromatic N) is 1. The Balaban J connectivity index is 1.95. The minimum atomic E-state index is -4.22. The van der Waals surface area contributed by atoms with Crippen molar-refractivity contribution in [2.24, 2.45) is 0 Å². The average Bonchev–Trinajstić information content (AvgIpc) is 2.97. The lowest BCUT2D eigenvalue weighted by atomic mass is 10.3. The molecule has 0 aliphatic rings. The van der Waals surface area contributed by atoms with Crippen molar-refractivity contribution in [3.63, 3.8) is 0 Å². The van der Waals surface area contributed by atoms with Gasteiger partial charge in [0.25, 0.3) is 10.0 Å². The molecule has 11 heteroatoms. The topological polar surface area (TPSA) is 93.2 Å². The Morgan fingerprint density at radius 2 is 1.70 bits per heavy atom. The van der Waals surface area contributed by atoms with Gasteiger partial charge in [-0.25, -0.2) is 30.6 Å². The fraction of sp³-hybridized carbons (Fsp3) is 0.188. The molecule has 0 unspecified atom stereocenters. The van der Waals surface area contributed by atoms with E-state index in [9.17, 15) is 25.6 Å². The number of sulfonamides is 1. The average molecular weight is 432 g/mol. The highest BCUT2D eigenvalue weighted by Crippen LogP contribution is 2.29. The minimum Gasteiger partial charge on any atom is -0.280 e. The van der Waals surface area contributed by atoms with E-state index >= 15 is 0 Å². The van der Waals surface area contributed by atoms with Gasteiger partial charge < -0.3 is 0 Å². The smallest absolute Gasteiger partial charge is 0.262 e. The van der Waals surface area contributed by atoms with Gasteiger partial charge >= 0.3 is 0 Å². The summed E-state index contributed by atoms with van der Waals surface area (Å²) < 4.78 is 78.2. The van der Waals surface area contributed by atoms with E-state index < -0.39 is 36.4 Å². The van der Waals surface area contributed by atoms with Crippen LogP contribution in [0.4, 0.5) is 14.5 Å². The largest absolute Gasteiger partial charge is 0.280 e. The highest BCUT2D eigenvalue weighted by molar-refractivity contribution is 7.93. The molecular formula is C16H14F2N2O4S3. The van der Waals surface area contributed by atoms with Crippen LogP contribution in [0.2, 0.25) is 0 Å². The lowest BCUT2D eigenvalue weighted by Gasteiger charge is -2.08. The summed E-state index contributed by atoms with van der Waals surface area (Å²) in [6.45, 7) is 1.74. The van der Waals surface area contributed by atoms with Gasteiger partial charge in [-0.1, -0.05) is 6.92 Å². The molecule has 0 spiro atoms. The van der Waals surface area contributed by atoms with E-state index in [0.29, 0.717) is 34.8 Å². The molecule has 6 nitrogen and oxygen atoms in total. The molecule has 0 bridgehead atoms. The maximum atomic E-state index is 13.3. The first-order valence-corrected chi connectivity index (χ1v) is 11.7. The van der Waals surface area contributed by atoms with Crippen LogP contribution < -0.4 is 4.72 Å². The molecule has 1 heterocycles.